The molecule has 1 unspecified atom stereocenters. The molecular formula is C19H24N4O. The molecule has 0 saturated carbocycles. The Balaban J connectivity index is 1.44. The molecule has 1 saturated heterocycles. The van der Waals surface area contributed by atoms with Crippen molar-refractivity contribution in [2.24, 2.45) is 11.8 Å². The van der Waals surface area contributed by atoms with Crippen LogP contribution in [0.15, 0.2) is 30.5 Å². The van der Waals surface area contributed by atoms with Crippen LogP contribution in [-0.4, -0.2) is 28.5 Å². The first-order valence-corrected chi connectivity index (χ1v) is 8.89. The quantitative estimate of drug-likeness (QED) is 0.909. The number of fused-ring (bicyclic) bond motifs is 1. The average molecular weight is 324 g/mol. The lowest BCUT2D eigenvalue weighted by Crippen LogP contribution is -2.48. The molecule has 1 fully saturated rings. The van der Waals surface area contributed by atoms with Crippen molar-refractivity contribution in [3.05, 3.63) is 36.3 Å². The monoisotopic (exact) mass is 324 g/mol. The average Bonchev–Trinajstić information content (AvgIpc) is 2.98. The fourth-order valence-corrected chi connectivity index (χ4v) is 3.41. The van der Waals surface area contributed by atoms with Gasteiger partial charge >= 0.3 is 0 Å². The zero-order chi connectivity index (χ0) is 16.5. The number of nitrogens with one attached hydrogen (secondary N) is 2. The zero-order valence-electron chi connectivity index (χ0n) is 14.1. The maximum absolute atomic E-state index is 12.3. The molecule has 2 N–H and O–H groups in total. The number of hydrogen-bond donors (Lipinski definition) is 2. The van der Waals surface area contributed by atoms with E-state index in [1.54, 1.807) is 0 Å². The van der Waals surface area contributed by atoms with Crippen LogP contribution in [0.25, 0.3) is 11.3 Å². The number of aromatic nitrogens is 2. The first-order chi connectivity index (χ1) is 11.7. The maximum Gasteiger partial charge on any atom is 0.227 e. The van der Waals surface area contributed by atoms with Gasteiger partial charge in [0.1, 0.15) is 5.82 Å². The Morgan fingerprint density at radius 1 is 1.29 bits per heavy atom. The number of aryl methyl sites for hydroxylation is 2. The maximum atomic E-state index is 12.3. The molecule has 1 atom stereocenters. The predicted octanol–water partition coefficient (Wildman–Crippen LogP) is 2.68. The van der Waals surface area contributed by atoms with E-state index in [1.807, 2.05) is 31.2 Å². The summed E-state index contributed by atoms with van der Waals surface area (Å²) in [5.74, 6) is 1.80. The second kappa shape index (κ2) is 6.40. The summed E-state index contributed by atoms with van der Waals surface area (Å²) >= 11 is 0. The second-order valence-electron chi connectivity index (χ2n) is 6.97. The number of carbonyl (C=O) groups is 1. The minimum Gasteiger partial charge on any atom is -0.334 e. The van der Waals surface area contributed by atoms with Gasteiger partial charge in [-0.2, -0.15) is 0 Å². The van der Waals surface area contributed by atoms with Crippen molar-refractivity contribution in [3.8, 4) is 11.3 Å². The lowest BCUT2D eigenvalue weighted by Gasteiger charge is -2.31. The first kappa shape index (κ1) is 15.4. The molecule has 2 aromatic rings. The number of rotatable bonds is 4. The van der Waals surface area contributed by atoms with Gasteiger partial charge in [0.25, 0.3) is 0 Å². The normalized spacial score (nSPS) is 18.5. The third-order valence-corrected chi connectivity index (χ3v) is 5.29. The summed E-state index contributed by atoms with van der Waals surface area (Å²) in [5.41, 5.74) is 2.98. The lowest BCUT2D eigenvalue weighted by atomic mass is 9.88. The molecule has 1 amide bonds. The summed E-state index contributed by atoms with van der Waals surface area (Å²) in [6.45, 7) is 4.96. The lowest BCUT2D eigenvalue weighted by molar-refractivity contribution is -0.121. The molecule has 4 rings (SSSR count). The smallest absolute Gasteiger partial charge is 0.227 e. The van der Waals surface area contributed by atoms with Crippen LogP contribution >= 0.6 is 0 Å². The molecule has 3 heterocycles. The Morgan fingerprint density at radius 2 is 2.08 bits per heavy atom. The van der Waals surface area contributed by atoms with E-state index in [1.165, 1.54) is 18.7 Å². The number of imidazole rings is 1. The van der Waals surface area contributed by atoms with E-state index in [4.69, 9.17) is 4.98 Å². The fraction of sp³-hybridized carbons (Fsp3) is 0.474. The second-order valence-corrected chi connectivity index (χ2v) is 6.97. The first-order valence-electron chi connectivity index (χ1n) is 8.89. The summed E-state index contributed by atoms with van der Waals surface area (Å²) in [6, 6.07) is 8.02. The molecule has 126 valence electrons. The summed E-state index contributed by atoms with van der Waals surface area (Å²) in [7, 11) is 0. The number of benzene rings is 1. The van der Waals surface area contributed by atoms with Crippen molar-refractivity contribution in [3.63, 3.8) is 0 Å². The predicted molar refractivity (Wildman–Crippen MR) is 94.8 cm³/mol. The van der Waals surface area contributed by atoms with Gasteiger partial charge in [-0.05, 0) is 44.0 Å². The zero-order valence-corrected chi connectivity index (χ0v) is 14.1. The summed E-state index contributed by atoms with van der Waals surface area (Å²) in [6.07, 6.45) is 5.69. The van der Waals surface area contributed by atoms with E-state index in [-0.39, 0.29) is 11.8 Å². The minimum atomic E-state index is 0.0470. The van der Waals surface area contributed by atoms with Gasteiger partial charge in [-0.1, -0.05) is 19.1 Å². The molecule has 2 aliphatic heterocycles. The van der Waals surface area contributed by atoms with Crippen molar-refractivity contribution in [2.45, 2.75) is 32.7 Å². The molecule has 2 aliphatic rings. The highest BCUT2D eigenvalue weighted by Gasteiger charge is 2.28. The van der Waals surface area contributed by atoms with Crippen molar-refractivity contribution >= 4 is 11.6 Å². The Morgan fingerprint density at radius 3 is 2.75 bits per heavy atom. The van der Waals surface area contributed by atoms with Gasteiger partial charge in [-0.15, -0.1) is 0 Å². The summed E-state index contributed by atoms with van der Waals surface area (Å²) < 4.78 is 2.27. The SMILES string of the molecule is CC(C(=O)Nc1ccc(-c2cn3c(n2)CCCC3)cc1)C1CNC1. The van der Waals surface area contributed by atoms with Crippen LogP contribution in [0.3, 0.4) is 0 Å². The highest BCUT2D eigenvalue weighted by Crippen LogP contribution is 2.24. The van der Waals surface area contributed by atoms with Crippen LogP contribution in [0.5, 0.6) is 0 Å². The number of hydrogen-bond acceptors (Lipinski definition) is 3. The van der Waals surface area contributed by atoms with E-state index in [0.29, 0.717) is 5.92 Å². The summed E-state index contributed by atoms with van der Waals surface area (Å²) in [4.78, 5) is 17.0. The standard InChI is InChI=1S/C19H24N4O/c1-13(15-10-20-11-15)19(24)21-16-7-5-14(6-8-16)17-12-23-9-3-2-4-18(23)22-17/h5-8,12-13,15,20H,2-4,9-11H2,1H3,(H,21,24). The Hall–Kier alpha value is -2.14. The Kier molecular flexibility index (Phi) is 4.10. The van der Waals surface area contributed by atoms with Crippen molar-refractivity contribution in [2.75, 3.05) is 18.4 Å². The molecule has 5 nitrogen and oxygen atoms in total. The number of nitrogens with zero attached hydrogens (tertiary/aromatic N) is 2. The van der Waals surface area contributed by atoms with Gasteiger partial charge in [0, 0.05) is 36.3 Å². The van der Waals surface area contributed by atoms with Gasteiger partial charge in [0.05, 0.1) is 5.69 Å². The largest absolute Gasteiger partial charge is 0.334 e. The van der Waals surface area contributed by atoms with Crippen molar-refractivity contribution in [1.82, 2.24) is 14.9 Å². The molecule has 1 aromatic heterocycles. The van der Waals surface area contributed by atoms with E-state index in [2.05, 4.69) is 21.4 Å². The Labute approximate surface area is 142 Å². The molecule has 1 aromatic carbocycles. The minimum absolute atomic E-state index is 0.0470. The topological polar surface area (TPSA) is 59.0 Å². The van der Waals surface area contributed by atoms with Gasteiger partial charge < -0.3 is 15.2 Å². The Bertz CT molecular complexity index is 707. The molecular weight excluding hydrogens is 300 g/mol. The molecule has 0 radical (unpaired) electrons. The van der Waals surface area contributed by atoms with Crippen LogP contribution in [-0.2, 0) is 17.8 Å². The molecule has 0 spiro atoms. The fourth-order valence-electron chi connectivity index (χ4n) is 3.41. The van der Waals surface area contributed by atoms with E-state index in [9.17, 15) is 4.79 Å². The summed E-state index contributed by atoms with van der Waals surface area (Å²) in [5, 5.41) is 6.24. The highest BCUT2D eigenvalue weighted by atomic mass is 16.1. The number of anilines is 1. The van der Waals surface area contributed by atoms with Crippen LogP contribution in [0, 0.1) is 11.8 Å². The van der Waals surface area contributed by atoms with E-state index < -0.39 is 0 Å². The molecule has 5 heteroatoms. The molecule has 0 aliphatic carbocycles. The molecule has 24 heavy (non-hydrogen) atoms. The van der Waals surface area contributed by atoms with Crippen LogP contribution in [0.4, 0.5) is 5.69 Å². The third-order valence-electron chi connectivity index (χ3n) is 5.29. The third kappa shape index (κ3) is 2.96. The van der Waals surface area contributed by atoms with Gasteiger partial charge in [0.2, 0.25) is 5.91 Å². The number of amides is 1. The highest BCUT2D eigenvalue weighted by molar-refractivity contribution is 5.92. The van der Waals surface area contributed by atoms with E-state index in [0.717, 1.165) is 43.0 Å². The molecule has 0 bridgehead atoms. The van der Waals surface area contributed by atoms with E-state index >= 15 is 0 Å². The van der Waals surface area contributed by atoms with Crippen LogP contribution < -0.4 is 10.6 Å². The van der Waals surface area contributed by atoms with Gasteiger partial charge in [-0.25, -0.2) is 4.98 Å². The van der Waals surface area contributed by atoms with Crippen LogP contribution in [0.1, 0.15) is 25.6 Å². The van der Waals surface area contributed by atoms with Gasteiger partial charge in [0.15, 0.2) is 0 Å². The van der Waals surface area contributed by atoms with Crippen molar-refractivity contribution in [1.29, 1.82) is 0 Å². The number of carbonyl (C=O) groups excluding carboxylic acids is 1. The van der Waals surface area contributed by atoms with Crippen molar-refractivity contribution < 1.29 is 4.79 Å². The van der Waals surface area contributed by atoms with Gasteiger partial charge in [-0.3, -0.25) is 4.79 Å². The van der Waals surface area contributed by atoms with Crippen LogP contribution in [0.2, 0.25) is 0 Å².